The van der Waals surface area contributed by atoms with Crippen molar-refractivity contribution in [2.24, 2.45) is 0 Å². The average Bonchev–Trinajstić information content (AvgIpc) is 3.27. The van der Waals surface area contributed by atoms with E-state index >= 15 is 0 Å². The normalized spacial score (nSPS) is 11.1. The van der Waals surface area contributed by atoms with Gasteiger partial charge in [0.05, 0.1) is 17.1 Å². The lowest BCUT2D eigenvalue weighted by Crippen LogP contribution is -2.25. The molecule has 2 heterocycles. The van der Waals surface area contributed by atoms with Crippen molar-refractivity contribution in [3.8, 4) is 11.3 Å². The highest BCUT2D eigenvalue weighted by molar-refractivity contribution is 7.21. The number of fused-ring (bicyclic) bond motifs is 1. The fourth-order valence-electron chi connectivity index (χ4n) is 3.22. The van der Waals surface area contributed by atoms with Crippen LogP contribution in [0.1, 0.15) is 21.8 Å². The van der Waals surface area contributed by atoms with Crippen molar-refractivity contribution >= 4 is 68.1 Å². The molecule has 0 aliphatic heterocycles. The van der Waals surface area contributed by atoms with Crippen LogP contribution in [0.25, 0.3) is 21.3 Å². The van der Waals surface area contributed by atoms with Crippen LogP contribution >= 0.6 is 46.1 Å². The van der Waals surface area contributed by atoms with Gasteiger partial charge in [-0.1, -0.05) is 53.0 Å². The highest BCUT2D eigenvalue weighted by atomic mass is 35.5. The number of halogens is 3. The maximum atomic E-state index is 13.1. The number of nitrogens with one attached hydrogen (secondary N) is 1. The van der Waals surface area contributed by atoms with E-state index in [4.69, 9.17) is 39.9 Å². The molecule has 0 saturated heterocycles. The Balaban J connectivity index is 1.72. The smallest absolute Gasteiger partial charge is 0.303 e. The minimum atomic E-state index is -0.920. The first-order valence-corrected chi connectivity index (χ1v) is 11.2. The fraction of sp³-hybridized carbons (Fsp3) is 0.0909. The van der Waals surface area contributed by atoms with Crippen molar-refractivity contribution in [1.29, 1.82) is 0 Å². The summed E-state index contributed by atoms with van der Waals surface area (Å²) in [4.78, 5) is 24.6. The fourth-order valence-corrected chi connectivity index (χ4v) is 5.03. The molecule has 0 saturated carbocycles. The Hall–Kier alpha value is -2.51. The summed E-state index contributed by atoms with van der Waals surface area (Å²) in [6.45, 7) is 0. The Kier molecular flexibility index (Phi) is 6.25. The number of aromatic nitrogens is 1. The minimum Gasteiger partial charge on any atom is -0.481 e. The number of hydrogen-bond acceptors (Lipinski definition) is 3. The molecule has 0 fully saturated rings. The average molecular weight is 494 g/mol. The maximum Gasteiger partial charge on any atom is 0.303 e. The molecular formula is C22H15Cl3N2O3S. The molecule has 0 bridgehead atoms. The number of aliphatic carboxylic acids is 1. The van der Waals surface area contributed by atoms with E-state index in [0.29, 0.717) is 31.3 Å². The van der Waals surface area contributed by atoms with Crippen LogP contribution in [0.15, 0.2) is 54.6 Å². The van der Waals surface area contributed by atoms with E-state index in [1.807, 2.05) is 18.2 Å². The largest absolute Gasteiger partial charge is 0.481 e. The first-order valence-electron chi connectivity index (χ1n) is 9.21. The molecule has 0 aliphatic rings. The zero-order valence-electron chi connectivity index (χ0n) is 15.9. The summed E-state index contributed by atoms with van der Waals surface area (Å²) < 4.78 is 2.40. The van der Waals surface area contributed by atoms with Gasteiger partial charge >= 0.3 is 5.97 Å². The van der Waals surface area contributed by atoms with E-state index in [1.165, 1.54) is 11.3 Å². The van der Waals surface area contributed by atoms with Crippen LogP contribution in [-0.4, -0.2) is 21.7 Å². The molecule has 0 radical (unpaired) electrons. The number of carboxylic acid groups (broad SMARTS) is 1. The van der Waals surface area contributed by atoms with Crippen LogP contribution in [0, 0.1) is 0 Å². The third-order valence-corrected chi connectivity index (χ3v) is 6.85. The summed E-state index contributed by atoms with van der Waals surface area (Å²) in [5.74, 6) is -1.32. The van der Waals surface area contributed by atoms with Gasteiger partial charge in [0.15, 0.2) is 0 Å². The van der Waals surface area contributed by atoms with Crippen molar-refractivity contribution in [2.45, 2.75) is 12.8 Å². The second-order valence-corrected chi connectivity index (χ2v) is 9.08. The highest BCUT2D eigenvalue weighted by Gasteiger charge is 2.20. The van der Waals surface area contributed by atoms with Crippen molar-refractivity contribution in [3.05, 3.63) is 80.2 Å². The number of aryl methyl sites for hydroxylation is 1. The van der Waals surface area contributed by atoms with Gasteiger partial charge in [-0.25, -0.2) is 0 Å². The molecule has 31 heavy (non-hydrogen) atoms. The van der Waals surface area contributed by atoms with Gasteiger partial charge < -0.3 is 5.11 Å². The van der Waals surface area contributed by atoms with E-state index in [-0.39, 0.29) is 12.8 Å². The van der Waals surface area contributed by atoms with Crippen LogP contribution < -0.4 is 5.43 Å². The topological polar surface area (TPSA) is 71.3 Å². The molecule has 2 aromatic carbocycles. The monoisotopic (exact) mass is 492 g/mol. The molecule has 0 atom stereocenters. The molecule has 4 rings (SSSR count). The van der Waals surface area contributed by atoms with E-state index in [2.05, 4.69) is 5.43 Å². The van der Waals surface area contributed by atoms with Crippen molar-refractivity contribution in [2.75, 3.05) is 5.43 Å². The number of nitrogens with zero attached hydrogens (tertiary/aromatic N) is 1. The molecule has 4 aromatic rings. The predicted octanol–water partition coefficient (Wildman–Crippen LogP) is 6.73. The van der Waals surface area contributed by atoms with Crippen LogP contribution in [0.5, 0.6) is 0 Å². The quantitative estimate of drug-likeness (QED) is 0.313. The third-order valence-electron chi connectivity index (χ3n) is 4.71. The van der Waals surface area contributed by atoms with Crippen molar-refractivity contribution in [3.63, 3.8) is 0 Å². The molecule has 0 unspecified atom stereocenters. The molecule has 1 amide bonds. The van der Waals surface area contributed by atoms with E-state index < -0.39 is 11.9 Å². The van der Waals surface area contributed by atoms with Gasteiger partial charge in [-0.05, 0) is 36.4 Å². The molecule has 0 aliphatic carbocycles. The summed E-state index contributed by atoms with van der Waals surface area (Å²) in [6, 6.07) is 16.0. The summed E-state index contributed by atoms with van der Waals surface area (Å²) in [6.07, 6.45) is 0.182. The van der Waals surface area contributed by atoms with Crippen molar-refractivity contribution < 1.29 is 14.7 Å². The molecular weight excluding hydrogens is 479 g/mol. The lowest BCUT2D eigenvalue weighted by molar-refractivity contribution is -0.136. The van der Waals surface area contributed by atoms with E-state index in [1.54, 1.807) is 41.1 Å². The number of thiophene rings is 1. The third kappa shape index (κ3) is 4.57. The number of amides is 1. The number of hydrogen-bond donors (Lipinski definition) is 2. The van der Waals surface area contributed by atoms with Gasteiger partial charge in [0.2, 0.25) is 0 Å². The Labute approximate surface area is 196 Å². The highest BCUT2D eigenvalue weighted by Crippen LogP contribution is 2.37. The number of carboxylic acids is 1. The molecule has 5 nitrogen and oxygen atoms in total. The molecule has 2 N–H and O–H groups in total. The zero-order chi connectivity index (χ0) is 22.1. The molecule has 9 heteroatoms. The van der Waals surface area contributed by atoms with Gasteiger partial charge in [0, 0.05) is 37.8 Å². The zero-order valence-corrected chi connectivity index (χ0v) is 18.9. The number of carbonyl (C=O) groups excluding carboxylic acids is 1. The summed E-state index contributed by atoms with van der Waals surface area (Å²) in [5, 5.41) is 11.3. The first-order chi connectivity index (χ1) is 14.8. The second kappa shape index (κ2) is 8.93. The minimum absolute atomic E-state index is 0.0674. The van der Waals surface area contributed by atoms with Crippen LogP contribution in [0.4, 0.5) is 0 Å². The van der Waals surface area contributed by atoms with E-state index in [0.717, 1.165) is 15.6 Å². The SMILES string of the molecule is O=C(O)CCc1ccc(-c2ccc(Cl)cc2)n1NC(=O)c1sc2cc(Cl)ccc2c1Cl. The summed E-state index contributed by atoms with van der Waals surface area (Å²) in [7, 11) is 0. The Bertz CT molecular complexity index is 1300. The predicted molar refractivity (Wildman–Crippen MR) is 126 cm³/mol. The van der Waals surface area contributed by atoms with Crippen LogP contribution in [-0.2, 0) is 11.2 Å². The molecule has 158 valence electrons. The van der Waals surface area contributed by atoms with Gasteiger partial charge in [0.25, 0.3) is 5.91 Å². The van der Waals surface area contributed by atoms with Crippen LogP contribution in [0.3, 0.4) is 0 Å². The molecule has 0 spiro atoms. The van der Waals surface area contributed by atoms with Gasteiger partial charge in [-0.3, -0.25) is 19.7 Å². The lowest BCUT2D eigenvalue weighted by atomic mass is 10.2. The standard InChI is InChI=1S/C22H15Cl3N2O3S/c23-13-3-1-12(2-4-13)17-9-6-15(7-10-19(28)29)27(17)26-22(30)21-20(25)16-8-5-14(24)11-18(16)31-21/h1-6,8-9,11H,7,10H2,(H,26,30)(H,28,29). The summed E-state index contributed by atoms with van der Waals surface area (Å²) >= 11 is 19.8. The lowest BCUT2D eigenvalue weighted by Gasteiger charge is -2.15. The summed E-state index contributed by atoms with van der Waals surface area (Å²) in [5.41, 5.74) is 5.05. The number of rotatable bonds is 6. The maximum absolute atomic E-state index is 13.1. The Morgan fingerprint density at radius 2 is 1.68 bits per heavy atom. The Morgan fingerprint density at radius 1 is 0.968 bits per heavy atom. The van der Waals surface area contributed by atoms with Gasteiger partial charge in [0.1, 0.15) is 4.88 Å². The van der Waals surface area contributed by atoms with Gasteiger partial charge in [-0.2, -0.15) is 0 Å². The number of carbonyl (C=O) groups is 2. The first kappa shape index (κ1) is 21.7. The Morgan fingerprint density at radius 3 is 2.39 bits per heavy atom. The number of benzene rings is 2. The van der Waals surface area contributed by atoms with Crippen molar-refractivity contribution in [1.82, 2.24) is 4.68 Å². The van der Waals surface area contributed by atoms with Gasteiger partial charge in [-0.15, -0.1) is 11.3 Å². The second-order valence-electron chi connectivity index (χ2n) is 6.77. The van der Waals surface area contributed by atoms with E-state index in [9.17, 15) is 9.59 Å². The molecule has 2 aromatic heterocycles. The van der Waals surface area contributed by atoms with Crippen LogP contribution in [0.2, 0.25) is 15.1 Å².